The van der Waals surface area contributed by atoms with E-state index in [1.54, 1.807) is 26.5 Å². The van der Waals surface area contributed by atoms with Crippen LogP contribution in [0.4, 0.5) is 0 Å². The molecule has 0 saturated carbocycles. The lowest BCUT2D eigenvalue weighted by Gasteiger charge is -2.25. The van der Waals surface area contributed by atoms with E-state index < -0.39 is 11.4 Å². The van der Waals surface area contributed by atoms with Gasteiger partial charge in [-0.05, 0) is 37.5 Å². The average molecular weight is 403 g/mol. The Labute approximate surface area is 168 Å². The summed E-state index contributed by atoms with van der Waals surface area (Å²) < 4.78 is 8.61. The predicted molar refractivity (Wildman–Crippen MR) is 109 cm³/mol. The van der Waals surface area contributed by atoms with Crippen molar-refractivity contribution in [1.82, 2.24) is 19.7 Å². The Hall–Kier alpha value is -2.48. The molecule has 0 spiro atoms. The Morgan fingerprint density at radius 3 is 2.68 bits per heavy atom. The van der Waals surface area contributed by atoms with Gasteiger partial charge in [0, 0.05) is 0 Å². The van der Waals surface area contributed by atoms with Crippen LogP contribution in [0.1, 0.15) is 52.1 Å². The number of hydrogen-bond acceptors (Lipinski definition) is 6. The molecule has 8 heteroatoms. The maximum absolute atomic E-state index is 11.3. The molecular weight excluding hydrogens is 376 g/mol. The molecule has 28 heavy (non-hydrogen) atoms. The van der Waals surface area contributed by atoms with Crippen LogP contribution in [-0.2, 0) is 4.79 Å². The third-order valence-electron chi connectivity index (χ3n) is 5.09. The molecule has 0 aliphatic rings. The molecule has 0 amide bonds. The Kier molecular flexibility index (Phi) is 5.98. The molecule has 0 fully saturated rings. The van der Waals surface area contributed by atoms with Crippen molar-refractivity contribution in [3.05, 3.63) is 36.4 Å². The number of aromatic nitrogens is 4. The third-order valence-corrected chi connectivity index (χ3v) is 6.02. The highest BCUT2D eigenvalue weighted by Crippen LogP contribution is 2.35. The van der Waals surface area contributed by atoms with Gasteiger partial charge in [-0.2, -0.15) is 5.10 Å². The van der Waals surface area contributed by atoms with Gasteiger partial charge in [0.05, 0.1) is 21.7 Å². The van der Waals surface area contributed by atoms with E-state index in [2.05, 4.69) is 41.0 Å². The van der Waals surface area contributed by atoms with Crippen LogP contribution in [-0.4, -0.2) is 37.4 Å². The number of hydrogen-bond donors (Lipinski definition) is 1. The molecule has 0 aliphatic carbocycles. The van der Waals surface area contributed by atoms with Crippen molar-refractivity contribution in [3.8, 4) is 5.19 Å². The molecule has 1 unspecified atom stereocenters. The van der Waals surface area contributed by atoms with Gasteiger partial charge < -0.3 is 9.84 Å². The summed E-state index contributed by atoms with van der Waals surface area (Å²) in [4.78, 5) is 19.9. The van der Waals surface area contributed by atoms with Crippen LogP contribution < -0.4 is 4.74 Å². The average Bonchev–Trinajstić information content (AvgIpc) is 3.33. The minimum Gasteiger partial charge on any atom is -0.481 e. The number of carboxylic acid groups (broad SMARTS) is 1. The van der Waals surface area contributed by atoms with Crippen LogP contribution in [0.15, 0.2) is 30.9 Å². The maximum atomic E-state index is 11.3. The van der Waals surface area contributed by atoms with Crippen molar-refractivity contribution in [1.29, 1.82) is 0 Å². The molecule has 0 aliphatic heterocycles. The SMILES string of the molecule is CCC(CC)C(c1ccc2nc(OCC(C)(C)C(=O)O)sc2c1)n1cncn1. The molecule has 2 aromatic heterocycles. The fourth-order valence-corrected chi connectivity index (χ4v) is 4.07. The first-order chi connectivity index (χ1) is 13.4. The van der Waals surface area contributed by atoms with E-state index >= 15 is 0 Å². The largest absolute Gasteiger partial charge is 0.481 e. The van der Waals surface area contributed by atoms with Crippen molar-refractivity contribution < 1.29 is 14.6 Å². The van der Waals surface area contributed by atoms with Crippen LogP contribution in [0.5, 0.6) is 5.19 Å². The molecular formula is C20H26N4O3S. The first-order valence-corrected chi connectivity index (χ1v) is 10.3. The van der Waals surface area contributed by atoms with Gasteiger partial charge in [-0.25, -0.2) is 14.6 Å². The molecule has 3 aromatic rings. The molecule has 3 rings (SSSR count). The quantitative estimate of drug-likeness (QED) is 0.570. The summed E-state index contributed by atoms with van der Waals surface area (Å²) in [6.45, 7) is 7.74. The van der Waals surface area contributed by atoms with E-state index in [1.165, 1.54) is 11.3 Å². The van der Waals surface area contributed by atoms with Crippen LogP contribution in [0.25, 0.3) is 10.2 Å². The molecule has 150 valence electrons. The summed E-state index contributed by atoms with van der Waals surface area (Å²) in [6, 6.07) is 6.31. The molecule has 1 atom stereocenters. The van der Waals surface area contributed by atoms with Gasteiger partial charge in [-0.1, -0.05) is 44.1 Å². The molecule has 7 nitrogen and oxygen atoms in total. The zero-order valence-corrected chi connectivity index (χ0v) is 17.4. The summed E-state index contributed by atoms with van der Waals surface area (Å²) in [7, 11) is 0. The Morgan fingerprint density at radius 2 is 2.07 bits per heavy atom. The summed E-state index contributed by atoms with van der Waals surface area (Å²) in [5.74, 6) is -0.448. The number of aliphatic carboxylic acids is 1. The van der Waals surface area contributed by atoms with E-state index in [0.717, 1.165) is 28.6 Å². The van der Waals surface area contributed by atoms with Crippen molar-refractivity contribution in [2.75, 3.05) is 6.61 Å². The number of thiazole rings is 1. The van der Waals surface area contributed by atoms with E-state index in [0.29, 0.717) is 11.1 Å². The standard InChI is InChI=1S/C20H26N4O3S/c1-5-13(6-2)17(24-12-21-11-22-24)14-7-8-15-16(9-14)28-19(23-15)27-10-20(3,4)18(25)26/h7-9,11-13,17H,5-6,10H2,1-4H3,(H,25,26). The van der Waals surface area contributed by atoms with E-state index in [1.807, 2.05) is 10.7 Å². The fraction of sp³-hybridized carbons (Fsp3) is 0.500. The van der Waals surface area contributed by atoms with Gasteiger partial charge in [0.15, 0.2) is 0 Å². The van der Waals surface area contributed by atoms with Gasteiger partial charge in [0.1, 0.15) is 19.3 Å². The van der Waals surface area contributed by atoms with Crippen molar-refractivity contribution in [2.24, 2.45) is 11.3 Å². The molecule has 1 aromatic carbocycles. The van der Waals surface area contributed by atoms with Crippen molar-refractivity contribution in [3.63, 3.8) is 0 Å². The van der Waals surface area contributed by atoms with Crippen molar-refractivity contribution >= 4 is 27.5 Å². The zero-order valence-electron chi connectivity index (χ0n) is 16.6. The lowest BCUT2D eigenvalue weighted by molar-refractivity contribution is -0.148. The van der Waals surface area contributed by atoms with E-state index in [9.17, 15) is 9.90 Å². The number of fused-ring (bicyclic) bond motifs is 1. The number of ether oxygens (including phenoxy) is 1. The van der Waals surface area contributed by atoms with Gasteiger partial charge in [-0.3, -0.25) is 4.79 Å². The van der Waals surface area contributed by atoms with Crippen molar-refractivity contribution in [2.45, 2.75) is 46.6 Å². The first kappa shape index (κ1) is 20.3. The fourth-order valence-electron chi connectivity index (χ4n) is 3.21. The number of rotatable bonds is 9. The summed E-state index contributed by atoms with van der Waals surface area (Å²) >= 11 is 1.43. The topological polar surface area (TPSA) is 90.1 Å². The lowest BCUT2D eigenvalue weighted by atomic mass is 9.89. The Morgan fingerprint density at radius 1 is 1.32 bits per heavy atom. The van der Waals surface area contributed by atoms with E-state index in [-0.39, 0.29) is 12.6 Å². The van der Waals surface area contributed by atoms with Crippen LogP contribution >= 0.6 is 11.3 Å². The third kappa shape index (κ3) is 4.16. The monoisotopic (exact) mass is 402 g/mol. The van der Waals surface area contributed by atoms with Crippen LogP contribution in [0.3, 0.4) is 0 Å². The van der Waals surface area contributed by atoms with E-state index in [4.69, 9.17) is 4.74 Å². The lowest BCUT2D eigenvalue weighted by Crippen LogP contribution is -2.30. The number of benzene rings is 1. The molecule has 2 heterocycles. The summed E-state index contributed by atoms with van der Waals surface area (Å²) in [5.41, 5.74) is 1.04. The minimum atomic E-state index is -0.962. The van der Waals surface area contributed by atoms with Gasteiger partial charge in [0.2, 0.25) is 0 Å². The van der Waals surface area contributed by atoms with Gasteiger partial charge in [0.25, 0.3) is 5.19 Å². The molecule has 0 bridgehead atoms. The van der Waals surface area contributed by atoms with Crippen LogP contribution in [0.2, 0.25) is 0 Å². The highest BCUT2D eigenvalue weighted by molar-refractivity contribution is 7.20. The Bertz CT molecular complexity index is 932. The number of nitrogens with zero attached hydrogens (tertiary/aromatic N) is 4. The van der Waals surface area contributed by atoms with Gasteiger partial charge in [-0.15, -0.1) is 0 Å². The van der Waals surface area contributed by atoms with Gasteiger partial charge >= 0.3 is 5.97 Å². The molecule has 0 saturated heterocycles. The van der Waals surface area contributed by atoms with Crippen LogP contribution in [0, 0.1) is 11.3 Å². The maximum Gasteiger partial charge on any atom is 0.312 e. The highest BCUT2D eigenvalue weighted by atomic mass is 32.1. The Balaban J connectivity index is 1.89. The first-order valence-electron chi connectivity index (χ1n) is 9.46. The normalized spacial score (nSPS) is 13.2. The number of carbonyl (C=O) groups is 1. The second kappa shape index (κ2) is 8.26. The summed E-state index contributed by atoms with van der Waals surface area (Å²) in [6.07, 6.45) is 5.42. The highest BCUT2D eigenvalue weighted by Gasteiger charge is 2.29. The zero-order chi connectivity index (χ0) is 20.3. The molecule has 0 radical (unpaired) electrons. The predicted octanol–water partition coefficient (Wildman–Crippen LogP) is 4.40. The minimum absolute atomic E-state index is 0.0737. The number of carboxylic acids is 1. The smallest absolute Gasteiger partial charge is 0.312 e. The summed E-state index contributed by atoms with van der Waals surface area (Å²) in [5, 5.41) is 14.1. The second-order valence-electron chi connectivity index (χ2n) is 7.58. The molecule has 1 N–H and O–H groups in total. The second-order valence-corrected chi connectivity index (χ2v) is 8.57.